The standard InChI is InChI=1S/C24H23N3O4/c1-13-9-14(2)11-17(10-13)18-12-24(18,21(28)22(25)29)26-23(30)19-15(3)27-31-20(19)16-7-5-4-6-8-16/h4-11,18H,12H2,1-3H3,(H2,25,29)(H,26,30)/t18-,24+/m0/s1. The first-order valence-electron chi connectivity index (χ1n) is 9.99. The van der Waals surface area contributed by atoms with E-state index in [9.17, 15) is 14.4 Å². The van der Waals surface area contributed by atoms with Gasteiger partial charge in [0.15, 0.2) is 5.76 Å². The van der Waals surface area contributed by atoms with E-state index in [1.165, 1.54) is 0 Å². The summed E-state index contributed by atoms with van der Waals surface area (Å²) in [5.74, 6) is -2.44. The van der Waals surface area contributed by atoms with Gasteiger partial charge in [-0.15, -0.1) is 0 Å². The molecule has 158 valence electrons. The van der Waals surface area contributed by atoms with E-state index < -0.39 is 23.1 Å². The van der Waals surface area contributed by atoms with E-state index in [0.29, 0.717) is 23.4 Å². The SMILES string of the molecule is Cc1cc(C)cc([C@@H]2C[C@]2(NC(=O)c2c(C)noc2-c2ccccc2)C(=O)C(N)=O)c1. The van der Waals surface area contributed by atoms with Crippen LogP contribution in [0.5, 0.6) is 0 Å². The molecule has 1 aromatic heterocycles. The highest BCUT2D eigenvalue weighted by Crippen LogP contribution is 2.52. The molecule has 1 aliphatic carbocycles. The number of ketones is 1. The lowest BCUT2D eigenvalue weighted by Crippen LogP contribution is -2.49. The van der Waals surface area contributed by atoms with Crippen LogP contribution in [0.2, 0.25) is 0 Å². The van der Waals surface area contributed by atoms with Gasteiger partial charge in [0.1, 0.15) is 11.1 Å². The number of primary amides is 1. The summed E-state index contributed by atoms with van der Waals surface area (Å²) in [5.41, 5.74) is 8.23. The summed E-state index contributed by atoms with van der Waals surface area (Å²) in [4.78, 5) is 37.9. The normalized spacial score (nSPS) is 19.6. The largest absolute Gasteiger partial charge is 0.363 e. The second-order valence-corrected chi connectivity index (χ2v) is 8.13. The van der Waals surface area contributed by atoms with Crippen molar-refractivity contribution in [2.45, 2.75) is 38.6 Å². The van der Waals surface area contributed by atoms with Gasteiger partial charge in [-0.05, 0) is 32.8 Å². The monoisotopic (exact) mass is 417 g/mol. The van der Waals surface area contributed by atoms with Gasteiger partial charge in [0.2, 0.25) is 5.78 Å². The van der Waals surface area contributed by atoms with Gasteiger partial charge in [0.25, 0.3) is 11.8 Å². The predicted molar refractivity (Wildman–Crippen MR) is 114 cm³/mol. The molecule has 2 aromatic carbocycles. The number of aryl methyl sites for hydroxylation is 3. The van der Waals surface area contributed by atoms with Crippen LogP contribution in [0.15, 0.2) is 53.1 Å². The molecule has 0 radical (unpaired) electrons. The van der Waals surface area contributed by atoms with Crippen LogP contribution in [0.3, 0.4) is 0 Å². The number of aromatic nitrogens is 1. The smallest absolute Gasteiger partial charge is 0.287 e. The number of hydrogen-bond acceptors (Lipinski definition) is 5. The molecule has 31 heavy (non-hydrogen) atoms. The molecular formula is C24H23N3O4. The minimum atomic E-state index is -1.37. The van der Waals surface area contributed by atoms with Crippen LogP contribution in [0, 0.1) is 20.8 Å². The lowest BCUT2D eigenvalue weighted by atomic mass is 9.98. The molecule has 1 heterocycles. The van der Waals surface area contributed by atoms with Gasteiger partial charge in [0.05, 0.1) is 5.69 Å². The number of benzene rings is 2. The van der Waals surface area contributed by atoms with E-state index in [0.717, 1.165) is 16.7 Å². The molecular weight excluding hydrogens is 394 g/mol. The summed E-state index contributed by atoms with van der Waals surface area (Å²) in [6, 6.07) is 15.0. The fourth-order valence-corrected chi connectivity index (χ4v) is 4.23. The highest BCUT2D eigenvalue weighted by atomic mass is 16.5. The summed E-state index contributed by atoms with van der Waals surface area (Å²) in [6.45, 7) is 5.57. The van der Waals surface area contributed by atoms with Gasteiger partial charge >= 0.3 is 0 Å². The summed E-state index contributed by atoms with van der Waals surface area (Å²) in [6.07, 6.45) is 0.300. The zero-order valence-electron chi connectivity index (χ0n) is 17.6. The minimum Gasteiger partial charge on any atom is -0.363 e. The molecule has 1 aliphatic rings. The molecule has 1 fully saturated rings. The number of amides is 2. The zero-order chi connectivity index (χ0) is 22.3. The van der Waals surface area contributed by atoms with E-state index in [1.54, 1.807) is 19.1 Å². The van der Waals surface area contributed by atoms with Gasteiger partial charge in [-0.2, -0.15) is 0 Å². The zero-order valence-corrected chi connectivity index (χ0v) is 17.6. The minimum absolute atomic E-state index is 0.230. The third-order valence-corrected chi connectivity index (χ3v) is 5.70. The third kappa shape index (κ3) is 3.63. The van der Waals surface area contributed by atoms with Crippen molar-refractivity contribution in [2.75, 3.05) is 0 Å². The Labute approximate surface area is 179 Å². The van der Waals surface area contributed by atoms with E-state index in [2.05, 4.69) is 10.5 Å². The molecule has 7 heteroatoms. The van der Waals surface area contributed by atoms with Crippen molar-refractivity contribution < 1.29 is 18.9 Å². The van der Waals surface area contributed by atoms with Gasteiger partial charge in [-0.1, -0.05) is 64.8 Å². The van der Waals surface area contributed by atoms with Crippen LogP contribution in [0.25, 0.3) is 11.3 Å². The van der Waals surface area contributed by atoms with Crippen LogP contribution in [-0.2, 0) is 9.59 Å². The molecule has 3 aromatic rings. The number of nitrogens with zero attached hydrogens (tertiary/aromatic N) is 1. The number of nitrogens with two attached hydrogens (primary N) is 1. The lowest BCUT2D eigenvalue weighted by molar-refractivity contribution is -0.137. The average Bonchev–Trinajstić information content (AvgIpc) is 3.31. The van der Waals surface area contributed by atoms with Crippen LogP contribution in [0.4, 0.5) is 0 Å². The average molecular weight is 417 g/mol. The Morgan fingerprint density at radius 1 is 1.06 bits per heavy atom. The molecule has 0 spiro atoms. The van der Waals surface area contributed by atoms with Crippen molar-refractivity contribution in [2.24, 2.45) is 5.73 Å². The summed E-state index contributed by atoms with van der Waals surface area (Å²) < 4.78 is 5.40. The first kappa shape index (κ1) is 20.5. The van der Waals surface area contributed by atoms with Gasteiger partial charge in [0, 0.05) is 11.5 Å². The molecule has 0 bridgehead atoms. The van der Waals surface area contributed by atoms with Crippen molar-refractivity contribution >= 4 is 17.6 Å². The lowest BCUT2D eigenvalue weighted by Gasteiger charge is -2.18. The molecule has 7 nitrogen and oxygen atoms in total. The molecule has 0 aliphatic heterocycles. The number of nitrogens with one attached hydrogen (secondary N) is 1. The summed E-state index contributed by atoms with van der Waals surface area (Å²) in [7, 11) is 0. The maximum atomic E-state index is 13.3. The molecule has 0 saturated heterocycles. The van der Waals surface area contributed by atoms with Crippen LogP contribution < -0.4 is 11.1 Å². The second-order valence-electron chi connectivity index (χ2n) is 8.13. The van der Waals surface area contributed by atoms with E-state index in [-0.39, 0.29) is 11.5 Å². The van der Waals surface area contributed by atoms with Crippen LogP contribution in [0.1, 0.15) is 45.1 Å². The number of rotatable bonds is 6. The molecule has 0 unspecified atom stereocenters. The second kappa shape index (κ2) is 7.50. The van der Waals surface area contributed by atoms with Crippen LogP contribution in [-0.4, -0.2) is 28.3 Å². The summed E-state index contributed by atoms with van der Waals surface area (Å²) >= 11 is 0. The Morgan fingerprint density at radius 3 is 2.32 bits per heavy atom. The highest BCUT2D eigenvalue weighted by molar-refractivity contribution is 6.41. The molecule has 1 saturated carbocycles. The Kier molecular flexibility index (Phi) is 4.97. The predicted octanol–water partition coefficient (Wildman–Crippen LogP) is 2.98. The quantitative estimate of drug-likeness (QED) is 0.598. The van der Waals surface area contributed by atoms with Gasteiger partial charge < -0.3 is 15.6 Å². The summed E-state index contributed by atoms with van der Waals surface area (Å²) in [5, 5.41) is 6.73. The van der Waals surface area contributed by atoms with E-state index >= 15 is 0 Å². The van der Waals surface area contributed by atoms with Crippen LogP contribution >= 0.6 is 0 Å². The Balaban J connectivity index is 1.70. The first-order chi connectivity index (χ1) is 14.7. The molecule has 3 N–H and O–H groups in total. The molecule has 2 amide bonds. The maximum absolute atomic E-state index is 13.3. The number of Topliss-reactive ketones (excluding diaryl/α,β-unsaturated/α-hetero) is 1. The van der Waals surface area contributed by atoms with E-state index in [4.69, 9.17) is 10.3 Å². The van der Waals surface area contributed by atoms with Crippen molar-refractivity contribution in [1.29, 1.82) is 0 Å². The number of carbonyl (C=O) groups is 3. The van der Waals surface area contributed by atoms with Crippen molar-refractivity contribution in [3.8, 4) is 11.3 Å². The molecule has 2 atom stereocenters. The number of carbonyl (C=O) groups excluding carboxylic acids is 3. The first-order valence-corrected chi connectivity index (χ1v) is 9.99. The Hall–Kier alpha value is -3.74. The Bertz CT molecular complexity index is 1180. The third-order valence-electron chi connectivity index (χ3n) is 5.70. The fourth-order valence-electron chi connectivity index (χ4n) is 4.23. The fraction of sp³-hybridized carbons (Fsp3) is 0.250. The molecule has 4 rings (SSSR count). The van der Waals surface area contributed by atoms with Gasteiger partial charge in [-0.25, -0.2) is 0 Å². The van der Waals surface area contributed by atoms with Crippen molar-refractivity contribution in [3.05, 3.63) is 76.5 Å². The highest BCUT2D eigenvalue weighted by Gasteiger charge is 2.63. The van der Waals surface area contributed by atoms with Gasteiger partial charge in [-0.3, -0.25) is 14.4 Å². The Morgan fingerprint density at radius 2 is 1.71 bits per heavy atom. The maximum Gasteiger partial charge on any atom is 0.287 e. The topological polar surface area (TPSA) is 115 Å². The van der Waals surface area contributed by atoms with Crippen molar-refractivity contribution in [3.63, 3.8) is 0 Å². The van der Waals surface area contributed by atoms with Crippen molar-refractivity contribution in [1.82, 2.24) is 10.5 Å². The number of hydrogen-bond donors (Lipinski definition) is 2. The van der Waals surface area contributed by atoms with E-state index in [1.807, 2.05) is 50.2 Å².